The van der Waals surface area contributed by atoms with Crippen molar-refractivity contribution in [1.82, 2.24) is 5.32 Å². The number of unbranched alkanes of at least 4 members (excludes halogenated alkanes) is 2. The first-order valence-corrected chi connectivity index (χ1v) is 6.15. The second-order valence-corrected chi connectivity index (χ2v) is 4.08. The first kappa shape index (κ1) is 13.2. The van der Waals surface area contributed by atoms with Crippen molar-refractivity contribution >= 4 is 0 Å². The molecular formula is C14H23NO. The van der Waals surface area contributed by atoms with Crippen LogP contribution in [0.1, 0.15) is 37.8 Å². The highest BCUT2D eigenvalue weighted by atomic mass is 16.5. The van der Waals surface area contributed by atoms with Gasteiger partial charge >= 0.3 is 0 Å². The van der Waals surface area contributed by atoms with Crippen molar-refractivity contribution in [2.75, 3.05) is 20.3 Å². The van der Waals surface area contributed by atoms with Crippen molar-refractivity contribution in [2.45, 2.75) is 32.2 Å². The lowest BCUT2D eigenvalue weighted by Crippen LogP contribution is -2.26. The maximum absolute atomic E-state index is 5.25. The fourth-order valence-corrected chi connectivity index (χ4v) is 1.78. The van der Waals surface area contributed by atoms with Gasteiger partial charge in [0.05, 0.1) is 12.6 Å². The van der Waals surface area contributed by atoms with Crippen LogP contribution in [0.5, 0.6) is 0 Å². The van der Waals surface area contributed by atoms with E-state index in [4.69, 9.17) is 4.74 Å². The zero-order chi connectivity index (χ0) is 11.6. The number of hydrogen-bond donors (Lipinski definition) is 1. The Bertz CT molecular complexity index is 261. The largest absolute Gasteiger partial charge is 0.383 e. The van der Waals surface area contributed by atoms with Gasteiger partial charge in [0.1, 0.15) is 0 Å². The number of ether oxygens (including phenoxy) is 1. The van der Waals surface area contributed by atoms with Crippen LogP contribution in [0, 0.1) is 0 Å². The van der Waals surface area contributed by atoms with Gasteiger partial charge in [-0.1, -0.05) is 50.1 Å². The summed E-state index contributed by atoms with van der Waals surface area (Å²) >= 11 is 0. The van der Waals surface area contributed by atoms with E-state index in [1.807, 2.05) is 6.07 Å². The van der Waals surface area contributed by atoms with Gasteiger partial charge in [-0.3, -0.25) is 0 Å². The standard InChI is InChI=1S/C14H23NO/c1-3-4-8-11-15-14(12-16-2)13-9-6-5-7-10-13/h5-7,9-10,14-15H,3-4,8,11-12H2,1-2H3. The average Bonchev–Trinajstić information content (AvgIpc) is 2.34. The predicted molar refractivity (Wildman–Crippen MR) is 68.6 cm³/mol. The maximum Gasteiger partial charge on any atom is 0.0657 e. The van der Waals surface area contributed by atoms with Crippen LogP contribution in [0.4, 0.5) is 0 Å². The normalized spacial score (nSPS) is 12.6. The summed E-state index contributed by atoms with van der Waals surface area (Å²) < 4.78 is 5.25. The number of benzene rings is 1. The summed E-state index contributed by atoms with van der Waals surface area (Å²) in [5.74, 6) is 0. The van der Waals surface area contributed by atoms with Crippen molar-refractivity contribution in [3.63, 3.8) is 0 Å². The van der Waals surface area contributed by atoms with Crippen molar-refractivity contribution < 1.29 is 4.74 Å². The van der Waals surface area contributed by atoms with Gasteiger partial charge in [-0.15, -0.1) is 0 Å². The van der Waals surface area contributed by atoms with Gasteiger partial charge in [0.2, 0.25) is 0 Å². The molecule has 1 unspecified atom stereocenters. The molecule has 2 nitrogen and oxygen atoms in total. The molecule has 0 aliphatic carbocycles. The number of rotatable bonds is 8. The zero-order valence-corrected chi connectivity index (χ0v) is 10.4. The number of nitrogens with one attached hydrogen (secondary N) is 1. The molecule has 0 saturated carbocycles. The monoisotopic (exact) mass is 221 g/mol. The zero-order valence-electron chi connectivity index (χ0n) is 10.4. The molecule has 0 spiro atoms. The quantitative estimate of drug-likeness (QED) is 0.681. The van der Waals surface area contributed by atoms with Crippen LogP contribution in [0.2, 0.25) is 0 Å². The number of hydrogen-bond acceptors (Lipinski definition) is 2. The molecule has 90 valence electrons. The van der Waals surface area contributed by atoms with Gasteiger partial charge in [0.15, 0.2) is 0 Å². The molecule has 0 heterocycles. The lowest BCUT2D eigenvalue weighted by molar-refractivity contribution is 0.166. The predicted octanol–water partition coefficient (Wildman–Crippen LogP) is 3.15. The van der Waals surface area contributed by atoms with Gasteiger partial charge < -0.3 is 10.1 Å². The van der Waals surface area contributed by atoms with E-state index in [0.29, 0.717) is 6.04 Å². The Morgan fingerprint density at radius 1 is 1.19 bits per heavy atom. The highest BCUT2D eigenvalue weighted by Gasteiger charge is 2.08. The first-order chi connectivity index (χ1) is 7.88. The fourth-order valence-electron chi connectivity index (χ4n) is 1.78. The molecule has 0 radical (unpaired) electrons. The van der Waals surface area contributed by atoms with Crippen LogP contribution in [0.25, 0.3) is 0 Å². The van der Waals surface area contributed by atoms with Crippen molar-refractivity contribution in [3.8, 4) is 0 Å². The minimum atomic E-state index is 0.322. The van der Waals surface area contributed by atoms with E-state index in [9.17, 15) is 0 Å². The van der Waals surface area contributed by atoms with Gasteiger partial charge in [0.25, 0.3) is 0 Å². The van der Waals surface area contributed by atoms with Gasteiger partial charge in [-0.05, 0) is 18.5 Å². The van der Waals surface area contributed by atoms with Crippen LogP contribution in [-0.2, 0) is 4.74 Å². The summed E-state index contributed by atoms with van der Waals surface area (Å²) in [6, 6.07) is 10.8. The summed E-state index contributed by atoms with van der Waals surface area (Å²) in [5.41, 5.74) is 1.31. The fraction of sp³-hybridized carbons (Fsp3) is 0.571. The molecule has 1 rings (SSSR count). The Morgan fingerprint density at radius 2 is 1.94 bits per heavy atom. The van der Waals surface area contributed by atoms with Crippen LogP contribution >= 0.6 is 0 Å². The highest BCUT2D eigenvalue weighted by Crippen LogP contribution is 2.12. The van der Waals surface area contributed by atoms with E-state index in [2.05, 4.69) is 36.5 Å². The molecule has 1 atom stereocenters. The summed E-state index contributed by atoms with van der Waals surface area (Å²) in [5, 5.41) is 3.55. The van der Waals surface area contributed by atoms with Crippen LogP contribution in [-0.4, -0.2) is 20.3 Å². The smallest absolute Gasteiger partial charge is 0.0657 e. The molecule has 0 fully saturated rings. The highest BCUT2D eigenvalue weighted by molar-refractivity contribution is 5.18. The Kier molecular flexibility index (Phi) is 6.86. The third-order valence-corrected chi connectivity index (χ3v) is 2.71. The van der Waals surface area contributed by atoms with Crippen LogP contribution < -0.4 is 5.32 Å². The third kappa shape index (κ3) is 4.77. The third-order valence-electron chi connectivity index (χ3n) is 2.71. The molecule has 1 aromatic carbocycles. The molecule has 1 aromatic rings. The van der Waals surface area contributed by atoms with E-state index in [-0.39, 0.29) is 0 Å². The van der Waals surface area contributed by atoms with Crippen LogP contribution in [0.15, 0.2) is 30.3 Å². The second kappa shape index (κ2) is 8.31. The topological polar surface area (TPSA) is 21.3 Å². The Labute approximate surface area is 99.0 Å². The minimum Gasteiger partial charge on any atom is -0.383 e. The summed E-state index contributed by atoms with van der Waals surface area (Å²) in [6.07, 6.45) is 3.80. The average molecular weight is 221 g/mol. The lowest BCUT2D eigenvalue weighted by Gasteiger charge is -2.18. The van der Waals surface area contributed by atoms with Crippen molar-refractivity contribution in [1.29, 1.82) is 0 Å². The van der Waals surface area contributed by atoms with E-state index >= 15 is 0 Å². The Morgan fingerprint density at radius 3 is 2.56 bits per heavy atom. The molecule has 16 heavy (non-hydrogen) atoms. The van der Waals surface area contributed by atoms with Crippen molar-refractivity contribution in [3.05, 3.63) is 35.9 Å². The maximum atomic E-state index is 5.25. The minimum absolute atomic E-state index is 0.322. The molecule has 0 aliphatic rings. The molecule has 0 amide bonds. The molecule has 1 N–H and O–H groups in total. The van der Waals surface area contributed by atoms with Crippen LogP contribution in [0.3, 0.4) is 0 Å². The lowest BCUT2D eigenvalue weighted by atomic mass is 10.1. The Hall–Kier alpha value is -0.860. The summed E-state index contributed by atoms with van der Waals surface area (Å²) in [7, 11) is 1.75. The SMILES string of the molecule is CCCCCNC(COC)c1ccccc1. The first-order valence-electron chi connectivity index (χ1n) is 6.15. The summed E-state index contributed by atoms with van der Waals surface area (Å²) in [6.45, 7) is 4.02. The van der Waals surface area contributed by atoms with E-state index in [1.165, 1.54) is 24.8 Å². The van der Waals surface area contributed by atoms with E-state index in [0.717, 1.165) is 13.2 Å². The molecule has 0 aliphatic heterocycles. The molecule has 0 aromatic heterocycles. The van der Waals surface area contributed by atoms with Crippen molar-refractivity contribution in [2.24, 2.45) is 0 Å². The Balaban J connectivity index is 2.41. The summed E-state index contributed by atoms with van der Waals surface area (Å²) in [4.78, 5) is 0. The molecular weight excluding hydrogens is 198 g/mol. The molecule has 2 heteroatoms. The van der Waals surface area contributed by atoms with E-state index < -0.39 is 0 Å². The van der Waals surface area contributed by atoms with Gasteiger partial charge in [-0.25, -0.2) is 0 Å². The molecule has 0 saturated heterocycles. The van der Waals surface area contributed by atoms with Gasteiger partial charge in [-0.2, -0.15) is 0 Å². The number of methoxy groups -OCH3 is 1. The van der Waals surface area contributed by atoms with E-state index in [1.54, 1.807) is 7.11 Å². The van der Waals surface area contributed by atoms with Gasteiger partial charge in [0, 0.05) is 7.11 Å². The second-order valence-electron chi connectivity index (χ2n) is 4.08. The molecule has 0 bridgehead atoms.